The van der Waals surface area contributed by atoms with Crippen LogP contribution in [0.4, 0.5) is 18.9 Å². The van der Waals surface area contributed by atoms with E-state index in [9.17, 15) is 22.8 Å². The third-order valence-electron chi connectivity index (χ3n) is 1.68. The molecule has 1 aromatic rings. The van der Waals surface area contributed by atoms with Crippen LogP contribution in [0, 0.1) is 17.5 Å². The second-order valence-corrected chi connectivity index (χ2v) is 3.18. The highest BCUT2D eigenvalue weighted by Crippen LogP contribution is 2.19. The first kappa shape index (κ1) is 12.2. The average molecular weight is 231 g/mol. The van der Waals surface area contributed by atoms with Gasteiger partial charge in [0.15, 0.2) is 11.6 Å². The van der Waals surface area contributed by atoms with Crippen molar-refractivity contribution in [2.45, 2.75) is 13.3 Å². The van der Waals surface area contributed by atoms with Gasteiger partial charge >= 0.3 is 0 Å². The maximum absolute atomic E-state index is 13.0. The molecule has 0 atom stereocenters. The molecule has 1 N–H and O–H groups in total. The molecular formula is C10H8F3NO2. The molecule has 0 saturated carbocycles. The molecule has 0 spiro atoms. The van der Waals surface area contributed by atoms with Crippen LogP contribution >= 0.6 is 0 Å². The molecule has 0 aliphatic rings. The van der Waals surface area contributed by atoms with Gasteiger partial charge in [-0.15, -0.1) is 0 Å². The molecule has 1 aromatic carbocycles. The lowest BCUT2D eigenvalue weighted by molar-refractivity contribution is -0.124. The summed E-state index contributed by atoms with van der Waals surface area (Å²) in [5, 5.41) is 1.91. The molecule has 6 heteroatoms. The Kier molecular flexibility index (Phi) is 3.65. The maximum Gasteiger partial charge on any atom is 0.231 e. The molecule has 0 aliphatic carbocycles. The van der Waals surface area contributed by atoms with Crippen molar-refractivity contribution in [2.24, 2.45) is 0 Å². The van der Waals surface area contributed by atoms with Crippen LogP contribution in [0.5, 0.6) is 0 Å². The SMILES string of the molecule is CC(=O)CC(=O)Nc1cc(F)cc(F)c1F. The number of anilines is 1. The van der Waals surface area contributed by atoms with Gasteiger partial charge in [0, 0.05) is 12.1 Å². The zero-order valence-corrected chi connectivity index (χ0v) is 8.31. The first-order valence-corrected chi connectivity index (χ1v) is 4.34. The van der Waals surface area contributed by atoms with Crippen molar-refractivity contribution in [3.05, 3.63) is 29.6 Å². The van der Waals surface area contributed by atoms with Crippen molar-refractivity contribution in [3.63, 3.8) is 0 Å². The van der Waals surface area contributed by atoms with Crippen molar-refractivity contribution < 1.29 is 22.8 Å². The van der Waals surface area contributed by atoms with Crippen LogP contribution in [0.15, 0.2) is 12.1 Å². The van der Waals surface area contributed by atoms with E-state index >= 15 is 0 Å². The van der Waals surface area contributed by atoms with Gasteiger partial charge in [-0.05, 0) is 6.92 Å². The molecular weight excluding hydrogens is 223 g/mol. The number of rotatable bonds is 3. The van der Waals surface area contributed by atoms with Crippen molar-refractivity contribution >= 4 is 17.4 Å². The summed E-state index contributed by atoms with van der Waals surface area (Å²) >= 11 is 0. The molecule has 1 rings (SSSR count). The van der Waals surface area contributed by atoms with Gasteiger partial charge in [0.05, 0.1) is 12.1 Å². The molecule has 3 nitrogen and oxygen atoms in total. The second-order valence-electron chi connectivity index (χ2n) is 3.18. The summed E-state index contributed by atoms with van der Waals surface area (Å²) in [5.74, 6) is -5.04. The van der Waals surface area contributed by atoms with E-state index in [2.05, 4.69) is 0 Å². The monoisotopic (exact) mass is 231 g/mol. The topological polar surface area (TPSA) is 46.2 Å². The minimum absolute atomic E-state index is 0.357. The van der Waals surface area contributed by atoms with Crippen LogP contribution < -0.4 is 5.32 Å². The smallest absolute Gasteiger partial charge is 0.231 e. The van der Waals surface area contributed by atoms with E-state index in [1.54, 1.807) is 0 Å². The largest absolute Gasteiger partial charge is 0.323 e. The summed E-state index contributed by atoms with van der Waals surface area (Å²) in [7, 11) is 0. The lowest BCUT2D eigenvalue weighted by atomic mass is 10.2. The van der Waals surface area contributed by atoms with Crippen LogP contribution in [0.25, 0.3) is 0 Å². The number of amides is 1. The van der Waals surface area contributed by atoms with Crippen molar-refractivity contribution in [2.75, 3.05) is 5.32 Å². The van der Waals surface area contributed by atoms with Gasteiger partial charge in [-0.25, -0.2) is 13.2 Å². The van der Waals surface area contributed by atoms with Crippen LogP contribution in [0.1, 0.15) is 13.3 Å². The first-order valence-electron chi connectivity index (χ1n) is 4.34. The number of nitrogens with one attached hydrogen (secondary N) is 1. The molecule has 0 radical (unpaired) electrons. The summed E-state index contributed by atoms with van der Waals surface area (Å²) in [6.45, 7) is 1.17. The van der Waals surface area contributed by atoms with Crippen molar-refractivity contribution in [3.8, 4) is 0 Å². The van der Waals surface area contributed by atoms with Crippen LogP contribution in [0.2, 0.25) is 0 Å². The Morgan fingerprint density at radius 1 is 1.25 bits per heavy atom. The van der Waals surface area contributed by atoms with E-state index in [1.807, 2.05) is 5.32 Å². The first-order chi connectivity index (χ1) is 7.40. The highest BCUT2D eigenvalue weighted by Gasteiger charge is 2.14. The standard InChI is InChI=1S/C10H8F3NO2/c1-5(15)2-9(16)14-8-4-6(11)3-7(12)10(8)13/h3-4H,2H2,1H3,(H,14,16). The Labute approximate surface area is 89.3 Å². The van der Waals surface area contributed by atoms with Gasteiger partial charge in [-0.1, -0.05) is 0 Å². The molecule has 16 heavy (non-hydrogen) atoms. The number of carbonyl (C=O) groups excluding carboxylic acids is 2. The minimum Gasteiger partial charge on any atom is -0.323 e. The summed E-state index contributed by atoms with van der Waals surface area (Å²) in [6, 6.07) is 0.992. The number of carbonyl (C=O) groups is 2. The normalized spacial score (nSPS) is 10.0. The molecule has 86 valence electrons. The number of halogens is 3. The lowest BCUT2D eigenvalue weighted by Gasteiger charge is -2.05. The Balaban J connectivity index is 2.89. The Hall–Kier alpha value is -1.85. The number of Topliss-reactive ketones (excluding diaryl/α,β-unsaturated/α-hetero) is 1. The van der Waals surface area contributed by atoms with E-state index in [-0.39, 0.29) is 0 Å². The highest BCUT2D eigenvalue weighted by molar-refractivity contribution is 6.03. The van der Waals surface area contributed by atoms with Gasteiger partial charge in [-0.2, -0.15) is 0 Å². The van der Waals surface area contributed by atoms with Gasteiger partial charge in [0.1, 0.15) is 11.6 Å². The molecule has 0 heterocycles. The van der Waals surface area contributed by atoms with Crippen LogP contribution in [-0.2, 0) is 9.59 Å². The van der Waals surface area contributed by atoms with E-state index < -0.39 is 41.3 Å². The predicted molar refractivity (Wildman–Crippen MR) is 50.2 cm³/mol. The minimum atomic E-state index is -1.40. The molecule has 0 bridgehead atoms. The van der Waals surface area contributed by atoms with Gasteiger partial charge in [-0.3, -0.25) is 9.59 Å². The third kappa shape index (κ3) is 3.08. The summed E-state index contributed by atoms with van der Waals surface area (Å²) in [5.41, 5.74) is -0.622. The van der Waals surface area contributed by atoms with E-state index in [1.165, 1.54) is 6.92 Å². The third-order valence-corrected chi connectivity index (χ3v) is 1.68. The number of hydrogen-bond acceptors (Lipinski definition) is 2. The molecule has 0 aliphatic heterocycles. The molecule has 1 amide bonds. The molecule has 0 saturated heterocycles. The molecule has 0 unspecified atom stereocenters. The molecule has 0 fully saturated rings. The predicted octanol–water partition coefficient (Wildman–Crippen LogP) is 2.02. The fourth-order valence-electron chi connectivity index (χ4n) is 1.07. The van der Waals surface area contributed by atoms with E-state index in [0.717, 1.165) is 0 Å². The summed E-state index contributed by atoms with van der Waals surface area (Å²) in [6.07, 6.45) is -0.475. The average Bonchev–Trinajstić information content (AvgIpc) is 2.11. The fourth-order valence-corrected chi connectivity index (χ4v) is 1.07. The maximum atomic E-state index is 13.0. The van der Waals surface area contributed by atoms with Crippen molar-refractivity contribution in [1.82, 2.24) is 0 Å². The van der Waals surface area contributed by atoms with Gasteiger partial charge in [0.2, 0.25) is 5.91 Å². The number of ketones is 1. The van der Waals surface area contributed by atoms with Crippen molar-refractivity contribution in [1.29, 1.82) is 0 Å². The van der Waals surface area contributed by atoms with Crippen LogP contribution in [0.3, 0.4) is 0 Å². The van der Waals surface area contributed by atoms with E-state index in [0.29, 0.717) is 12.1 Å². The van der Waals surface area contributed by atoms with E-state index in [4.69, 9.17) is 0 Å². The number of benzene rings is 1. The van der Waals surface area contributed by atoms with Gasteiger partial charge < -0.3 is 5.32 Å². The quantitative estimate of drug-likeness (QED) is 0.639. The summed E-state index contributed by atoms with van der Waals surface area (Å²) in [4.78, 5) is 21.6. The fraction of sp³-hybridized carbons (Fsp3) is 0.200. The van der Waals surface area contributed by atoms with Gasteiger partial charge in [0.25, 0.3) is 0 Å². The highest BCUT2D eigenvalue weighted by atomic mass is 19.2. The Morgan fingerprint density at radius 3 is 2.44 bits per heavy atom. The number of hydrogen-bond donors (Lipinski definition) is 1. The molecule has 0 aromatic heterocycles. The Bertz CT molecular complexity index is 446. The lowest BCUT2D eigenvalue weighted by Crippen LogP contribution is -2.16. The van der Waals surface area contributed by atoms with Crippen LogP contribution in [-0.4, -0.2) is 11.7 Å². The zero-order chi connectivity index (χ0) is 12.3. The summed E-state index contributed by atoms with van der Waals surface area (Å²) < 4.78 is 38.5. The second kappa shape index (κ2) is 4.78. The Morgan fingerprint density at radius 2 is 1.88 bits per heavy atom. The zero-order valence-electron chi connectivity index (χ0n) is 8.31.